The number of hydrogen-bond acceptors (Lipinski definition) is 4. The molecule has 0 aliphatic rings. The number of methoxy groups -OCH3 is 1. The van der Waals surface area contributed by atoms with E-state index in [1.807, 2.05) is 17.8 Å². The summed E-state index contributed by atoms with van der Waals surface area (Å²) in [4.78, 5) is 4.34. The van der Waals surface area contributed by atoms with Crippen LogP contribution in [0.5, 0.6) is 5.75 Å². The van der Waals surface area contributed by atoms with Crippen molar-refractivity contribution < 1.29 is 4.74 Å². The molecule has 1 aromatic heterocycles. The quantitative estimate of drug-likeness (QED) is 0.876. The van der Waals surface area contributed by atoms with Crippen LogP contribution in [0.3, 0.4) is 0 Å². The third kappa shape index (κ3) is 2.99. The molecule has 0 aliphatic carbocycles. The molecule has 0 saturated heterocycles. The largest absolute Gasteiger partial charge is 0.496 e. The summed E-state index contributed by atoms with van der Waals surface area (Å²) >= 11 is 0. The molecule has 5 heteroatoms. The SMILES string of the molecule is CCn1ncnc1CC(NC)c1ccc(OC)c(C)c1. The van der Waals surface area contributed by atoms with Crippen LogP contribution in [-0.2, 0) is 13.0 Å². The van der Waals surface area contributed by atoms with Crippen LogP contribution in [0, 0.1) is 6.92 Å². The van der Waals surface area contributed by atoms with Gasteiger partial charge in [0.2, 0.25) is 0 Å². The van der Waals surface area contributed by atoms with Gasteiger partial charge in [0.15, 0.2) is 0 Å². The van der Waals surface area contributed by atoms with E-state index in [1.165, 1.54) is 5.56 Å². The zero-order chi connectivity index (χ0) is 14.5. The molecule has 0 bridgehead atoms. The van der Waals surface area contributed by atoms with Gasteiger partial charge in [-0.3, -0.25) is 4.68 Å². The van der Waals surface area contributed by atoms with Crippen LogP contribution in [0.15, 0.2) is 24.5 Å². The first kappa shape index (κ1) is 14.5. The van der Waals surface area contributed by atoms with Crippen molar-refractivity contribution in [2.75, 3.05) is 14.2 Å². The molecule has 5 nitrogen and oxygen atoms in total. The molecular formula is C15H22N4O. The highest BCUT2D eigenvalue weighted by Crippen LogP contribution is 2.24. The van der Waals surface area contributed by atoms with Crippen LogP contribution in [-0.4, -0.2) is 28.9 Å². The zero-order valence-corrected chi connectivity index (χ0v) is 12.6. The summed E-state index contributed by atoms with van der Waals surface area (Å²) < 4.78 is 7.24. The molecule has 2 aromatic rings. The van der Waals surface area contributed by atoms with Crippen molar-refractivity contribution >= 4 is 0 Å². The molecule has 20 heavy (non-hydrogen) atoms. The highest BCUT2D eigenvalue weighted by Gasteiger charge is 2.15. The lowest BCUT2D eigenvalue weighted by atomic mass is 10.0. The predicted octanol–water partition coefficient (Wildman–Crippen LogP) is 2.12. The molecule has 1 atom stereocenters. The van der Waals surface area contributed by atoms with Crippen LogP contribution in [0.4, 0.5) is 0 Å². The average Bonchev–Trinajstić information content (AvgIpc) is 2.91. The summed E-state index contributed by atoms with van der Waals surface area (Å²) in [6.45, 7) is 4.97. The maximum Gasteiger partial charge on any atom is 0.138 e. The number of benzene rings is 1. The number of aromatic nitrogens is 3. The fraction of sp³-hybridized carbons (Fsp3) is 0.467. The number of hydrogen-bond donors (Lipinski definition) is 1. The Hall–Kier alpha value is -1.88. The Kier molecular flexibility index (Phi) is 4.74. The minimum Gasteiger partial charge on any atom is -0.496 e. The lowest BCUT2D eigenvalue weighted by molar-refractivity contribution is 0.411. The first-order valence-electron chi connectivity index (χ1n) is 6.88. The van der Waals surface area contributed by atoms with E-state index < -0.39 is 0 Å². The summed E-state index contributed by atoms with van der Waals surface area (Å²) in [7, 11) is 3.66. The van der Waals surface area contributed by atoms with Crippen LogP contribution in [0.25, 0.3) is 0 Å². The van der Waals surface area contributed by atoms with E-state index in [-0.39, 0.29) is 6.04 Å². The van der Waals surface area contributed by atoms with Gasteiger partial charge in [-0.15, -0.1) is 0 Å². The number of likely N-dealkylation sites (N-methyl/N-ethyl adjacent to an activating group) is 1. The normalized spacial score (nSPS) is 12.4. The van der Waals surface area contributed by atoms with E-state index >= 15 is 0 Å². The van der Waals surface area contributed by atoms with Crippen LogP contribution >= 0.6 is 0 Å². The zero-order valence-electron chi connectivity index (χ0n) is 12.6. The lowest BCUT2D eigenvalue weighted by Crippen LogP contribution is -2.21. The Labute approximate surface area is 120 Å². The summed E-state index contributed by atoms with van der Waals surface area (Å²) in [5, 5.41) is 7.57. The van der Waals surface area contributed by atoms with E-state index in [1.54, 1.807) is 13.4 Å². The van der Waals surface area contributed by atoms with Gasteiger partial charge in [0.25, 0.3) is 0 Å². The van der Waals surface area contributed by atoms with Gasteiger partial charge >= 0.3 is 0 Å². The molecular weight excluding hydrogens is 252 g/mol. The highest BCUT2D eigenvalue weighted by molar-refractivity contribution is 5.37. The molecule has 0 amide bonds. The molecule has 1 heterocycles. The Morgan fingerprint density at radius 3 is 2.80 bits per heavy atom. The van der Waals surface area contributed by atoms with E-state index in [0.717, 1.165) is 30.1 Å². The van der Waals surface area contributed by atoms with E-state index in [0.29, 0.717) is 0 Å². The summed E-state index contributed by atoms with van der Waals surface area (Å²) in [6, 6.07) is 6.49. The lowest BCUT2D eigenvalue weighted by Gasteiger charge is -2.18. The van der Waals surface area contributed by atoms with Gasteiger partial charge in [-0.2, -0.15) is 5.10 Å². The smallest absolute Gasteiger partial charge is 0.138 e. The van der Waals surface area contributed by atoms with Gasteiger partial charge in [0.05, 0.1) is 7.11 Å². The molecule has 1 unspecified atom stereocenters. The van der Waals surface area contributed by atoms with Crippen molar-refractivity contribution in [1.82, 2.24) is 20.1 Å². The number of rotatable bonds is 6. The van der Waals surface area contributed by atoms with Crippen LogP contribution in [0.1, 0.15) is 29.9 Å². The predicted molar refractivity (Wildman–Crippen MR) is 78.9 cm³/mol. The fourth-order valence-corrected chi connectivity index (χ4v) is 2.40. The standard InChI is InChI=1S/C15H22N4O/c1-5-19-15(17-10-18-19)9-13(16-3)12-6-7-14(20-4)11(2)8-12/h6-8,10,13,16H,5,9H2,1-4H3. The number of aryl methyl sites for hydroxylation is 2. The molecule has 0 fully saturated rings. The maximum absolute atomic E-state index is 5.31. The number of nitrogens with one attached hydrogen (secondary N) is 1. The number of nitrogens with zero attached hydrogens (tertiary/aromatic N) is 3. The van der Waals surface area contributed by atoms with E-state index in [9.17, 15) is 0 Å². The first-order valence-corrected chi connectivity index (χ1v) is 6.88. The van der Waals surface area contributed by atoms with E-state index in [2.05, 4.69) is 41.4 Å². The molecule has 108 valence electrons. The van der Waals surface area contributed by atoms with Gasteiger partial charge in [-0.05, 0) is 38.1 Å². The summed E-state index contributed by atoms with van der Waals surface area (Å²) in [5.74, 6) is 1.92. The van der Waals surface area contributed by atoms with Crippen molar-refractivity contribution in [2.45, 2.75) is 32.9 Å². The minimum absolute atomic E-state index is 0.217. The monoisotopic (exact) mass is 274 g/mol. The molecule has 0 aliphatic heterocycles. The highest BCUT2D eigenvalue weighted by atomic mass is 16.5. The summed E-state index contributed by atoms with van der Waals surface area (Å²) in [6.07, 6.45) is 2.43. The maximum atomic E-state index is 5.31. The van der Waals surface area contributed by atoms with Gasteiger partial charge in [0, 0.05) is 19.0 Å². The van der Waals surface area contributed by atoms with Gasteiger partial charge < -0.3 is 10.1 Å². The van der Waals surface area contributed by atoms with Crippen LogP contribution < -0.4 is 10.1 Å². The van der Waals surface area contributed by atoms with Crippen molar-refractivity contribution in [3.8, 4) is 5.75 Å². The van der Waals surface area contributed by atoms with Crippen LogP contribution in [0.2, 0.25) is 0 Å². The topological polar surface area (TPSA) is 52.0 Å². The molecule has 0 saturated carbocycles. The first-order chi connectivity index (χ1) is 9.69. The van der Waals surface area contributed by atoms with Gasteiger partial charge in [-0.1, -0.05) is 12.1 Å². The van der Waals surface area contributed by atoms with Gasteiger partial charge in [0.1, 0.15) is 17.9 Å². The second-order valence-electron chi connectivity index (χ2n) is 4.77. The van der Waals surface area contributed by atoms with E-state index in [4.69, 9.17) is 4.74 Å². The Morgan fingerprint density at radius 2 is 2.20 bits per heavy atom. The van der Waals surface area contributed by atoms with Gasteiger partial charge in [-0.25, -0.2) is 4.98 Å². The average molecular weight is 274 g/mol. The third-order valence-corrected chi connectivity index (χ3v) is 3.55. The van der Waals surface area contributed by atoms with Crippen molar-refractivity contribution in [2.24, 2.45) is 0 Å². The second-order valence-corrected chi connectivity index (χ2v) is 4.77. The minimum atomic E-state index is 0.217. The molecule has 1 N–H and O–H groups in total. The molecule has 0 spiro atoms. The van der Waals surface area contributed by atoms with Crippen molar-refractivity contribution in [3.63, 3.8) is 0 Å². The molecule has 2 rings (SSSR count). The molecule has 1 aromatic carbocycles. The number of ether oxygens (including phenoxy) is 1. The summed E-state index contributed by atoms with van der Waals surface area (Å²) in [5.41, 5.74) is 2.37. The fourth-order valence-electron chi connectivity index (χ4n) is 2.40. The Balaban J connectivity index is 2.22. The third-order valence-electron chi connectivity index (χ3n) is 3.55. The second kappa shape index (κ2) is 6.52. The molecule has 0 radical (unpaired) electrons. The Bertz CT molecular complexity index is 565. The van der Waals surface area contributed by atoms with Crippen molar-refractivity contribution in [3.05, 3.63) is 41.5 Å². The Morgan fingerprint density at radius 1 is 1.40 bits per heavy atom. The van der Waals surface area contributed by atoms with Crippen molar-refractivity contribution in [1.29, 1.82) is 0 Å².